The Morgan fingerprint density at radius 1 is 1.21 bits per heavy atom. The first kappa shape index (κ1) is 18.4. The lowest BCUT2D eigenvalue weighted by Gasteiger charge is -2.08. The topological polar surface area (TPSA) is 94.3 Å². The number of esters is 1. The van der Waals surface area contributed by atoms with Crippen molar-refractivity contribution < 1.29 is 13.9 Å². The Balaban J connectivity index is 1.84. The lowest BCUT2D eigenvalue weighted by atomic mass is 10.1. The van der Waals surface area contributed by atoms with E-state index in [-0.39, 0.29) is 28.7 Å². The Bertz CT molecular complexity index is 1280. The molecule has 144 valence electrons. The zero-order valence-electron chi connectivity index (χ0n) is 15.6. The number of anilines is 1. The molecule has 7 nitrogen and oxygen atoms in total. The van der Waals surface area contributed by atoms with Crippen LogP contribution in [0.2, 0.25) is 0 Å². The number of para-hydroxylation sites is 1. The number of benzene rings is 1. The molecule has 3 aromatic heterocycles. The second-order valence-electron chi connectivity index (χ2n) is 6.14. The van der Waals surface area contributed by atoms with Crippen LogP contribution in [0.15, 0.2) is 70.3 Å². The molecule has 3 heterocycles. The van der Waals surface area contributed by atoms with Gasteiger partial charge in [-0.05, 0) is 43.3 Å². The first-order chi connectivity index (χ1) is 14.2. The van der Waals surface area contributed by atoms with Crippen molar-refractivity contribution in [3.63, 3.8) is 0 Å². The summed E-state index contributed by atoms with van der Waals surface area (Å²) in [4.78, 5) is 33.7. The van der Waals surface area contributed by atoms with Gasteiger partial charge in [-0.3, -0.25) is 9.78 Å². The van der Waals surface area contributed by atoms with E-state index in [1.165, 1.54) is 6.07 Å². The van der Waals surface area contributed by atoms with Gasteiger partial charge in [0.15, 0.2) is 0 Å². The summed E-state index contributed by atoms with van der Waals surface area (Å²) in [6.45, 7) is 1.92. The molecule has 0 bridgehead atoms. The first-order valence-corrected chi connectivity index (χ1v) is 9.04. The summed E-state index contributed by atoms with van der Waals surface area (Å²) in [7, 11) is 0. The van der Waals surface area contributed by atoms with Crippen LogP contribution in [0.5, 0.6) is 0 Å². The summed E-state index contributed by atoms with van der Waals surface area (Å²) >= 11 is 0. The van der Waals surface area contributed by atoms with Gasteiger partial charge in [-0.15, -0.1) is 0 Å². The van der Waals surface area contributed by atoms with E-state index in [4.69, 9.17) is 9.15 Å². The molecule has 0 amide bonds. The van der Waals surface area contributed by atoms with E-state index in [9.17, 15) is 9.59 Å². The molecule has 0 spiro atoms. The summed E-state index contributed by atoms with van der Waals surface area (Å²) in [5.74, 6) is -0.560. The molecule has 0 atom stereocenters. The molecular formula is C22H17N3O4. The zero-order valence-corrected chi connectivity index (χ0v) is 15.6. The van der Waals surface area contributed by atoms with E-state index in [0.717, 1.165) is 5.69 Å². The van der Waals surface area contributed by atoms with Gasteiger partial charge < -0.3 is 14.5 Å². The van der Waals surface area contributed by atoms with Crippen LogP contribution in [-0.2, 0) is 4.74 Å². The Labute approximate surface area is 165 Å². The number of pyridine rings is 2. The summed E-state index contributed by atoms with van der Waals surface area (Å²) in [5.41, 5.74) is 1.63. The summed E-state index contributed by atoms with van der Waals surface area (Å²) < 4.78 is 10.9. The van der Waals surface area contributed by atoms with E-state index in [0.29, 0.717) is 16.7 Å². The predicted octanol–water partition coefficient (Wildman–Crippen LogP) is 4.00. The first-order valence-electron chi connectivity index (χ1n) is 9.04. The smallest absolute Gasteiger partial charge is 0.340 e. The number of hydrogen-bond donors (Lipinski definition) is 1. The number of fused-ring (bicyclic) bond motifs is 2. The SMILES string of the molecule is CCOC(=O)c1cc2c(=O)c3ccccc3oc2nc1/C=C/Nc1cccnc1. The minimum Gasteiger partial charge on any atom is -0.462 e. The molecule has 0 aliphatic rings. The van der Waals surface area contributed by atoms with Gasteiger partial charge in [0.25, 0.3) is 0 Å². The maximum atomic E-state index is 12.8. The standard InChI is InChI=1S/C22H17N3O4/c1-2-28-22(27)16-12-17-20(26)15-7-3-4-8-19(15)29-21(17)25-18(16)9-11-24-14-6-5-10-23-13-14/h3-13,24H,2H2,1H3/b11-9+. The van der Waals surface area contributed by atoms with Crippen LogP contribution in [0.4, 0.5) is 5.69 Å². The molecule has 0 fully saturated rings. The summed E-state index contributed by atoms with van der Waals surface area (Å²) in [5, 5.41) is 3.71. The van der Waals surface area contributed by atoms with Crippen molar-refractivity contribution in [2.24, 2.45) is 0 Å². The van der Waals surface area contributed by atoms with Gasteiger partial charge in [0.1, 0.15) is 5.58 Å². The van der Waals surface area contributed by atoms with E-state index < -0.39 is 5.97 Å². The molecule has 0 radical (unpaired) electrons. The average Bonchev–Trinajstić information content (AvgIpc) is 2.74. The highest BCUT2D eigenvalue weighted by Gasteiger charge is 2.17. The number of aromatic nitrogens is 2. The lowest BCUT2D eigenvalue weighted by molar-refractivity contribution is 0.0526. The molecular weight excluding hydrogens is 370 g/mol. The van der Waals surface area contributed by atoms with Crippen molar-refractivity contribution in [3.8, 4) is 0 Å². The number of carbonyl (C=O) groups excluding carboxylic acids is 1. The van der Waals surface area contributed by atoms with Crippen molar-refractivity contribution in [3.05, 3.63) is 82.5 Å². The Morgan fingerprint density at radius 2 is 2.07 bits per heavy atom. The normalized spacial score (nSPS) is 11.2. The second-order valence-corrected chi connectivity index (χ2v) is 6.14. The highest BCUT2D eigenvalue weighted by atomic mass is 16.5. The van der Waals surface area contributed by atoms with Crippen LogP contribution < -0.4 is 10.7 Å². The Hall–Kier alpha value is -4.00. The largest absolute Gasteiger partial charge is 0.462 e. The maximum Gasteiger partial charge on any atom is 0.340 e. The van der Waals surface area contributed by atoms with Gasteiger partial charge in [-0.25, -0.2) is 9.78 Å². The van der Waals surface area contributed by atoms with Crippen LogP contribution in [0, 0.1) is 0 Å². The minimum absolute atomic E-state index is 0.155. The van der Waals surface area contributed by atoms with Crippen molar-refractivity contribution in [1.82, 2.24) is 9.97 Å². The third-order valence-corrected chi connectivity index (χ3v) is 4.25. The highest BCUT2D eigenvalue weighted by molar-refractivity contribution is 5.98. The second kappa shape index (κ2) is 7.93. The van der Waals surface area contributed by atoms with Crippen LogP contribution in [0.3, 0.4) is 0 Å². The van der Waals surface area contributed by atoms with E-state index >= 15 is 0 Å². The quantitative estimate of drug-likeness (QED) is 0.409. The Morgan fingerprint density at radius 3 is 2.86 bits per heavy atom. The Kier molecular flexibility index (Phi) is 5.03. The van der Waals surface area contributed by atoms with E-state index in [2.05, 4.69) is 15.3 Å². The monoisotopic (exact) mass is 387 g/mol. The maximum absolute atomic E-state index is 12.8. The predicted molar refractivity (Wildman–Crippen MR) is 111 cm³/mol. The zero-order chi connectivity index (χ0) is 20.2. The molecule has 4 rings (SSSR count). The molecule has 1 N–H and O–H groups in total. The van der Waals surface area contributed by atoms with Crippen molar-refractivity contribution >= 4 is 39.8 Å². The van der Waals surface area contributed by atoms with Crippen molar-refractivity contribution in [2.45, 2.75) is 6.92 Å². The van der Waals surface area contributed by atoms with Gasteiger partial charge in [0, 0.05) is 12.4 Å². The number of ether oxygens (including phenoxy) is 1. The fourth-order valence-corrected chi connectivity index (χ4v) is 2.91. The van der Waals surface area contributed by atoms with Gasteiger partial charge in [0.2, 0.25) is 11.1 Å². The van der Waals surface area contributed by atoms with Crippen LogP contribution in [-0.4, -0.2) is 22.5 Å². The van der Waals surface area contributed by atoms with Gasteiger partial charge in [-0.2, -0.15) is 0 Å². The number of hydrogen-bond acceptors (Lipinski definition) is 7. The molecule has 0 aliphatic heterocycles. The third kappa shape index (κ3) is 3.70. The van der Waals surface area contributed by atoms with Gasteiger partial charge in [-0.1, -0.05) is 12.1 Å². The average molecular weight is 387 g/mol. The molecule has 29 heavy (non-hydrogen) atoms. The van der Waals surface area contributed by atoms with Crippen molar-refractivity contribution in [2.75, 3.05) is 11.9 Å². The summed E-state index contributed by atoms with van der Waals surface area (Å²) in [6.07, 6.45) is 6.58. The molecule has 7 heteroatoms. The highest BCUT2D eigenvalue weighted by Crippen LogP contribution is 2.21. The van der Waals surface area contributed by atoms with Gasteiger partial charge >= 0.3 is 5.97 Å². The number of rotatable bonds is 5. The molecule has 0 aliphatic carbocycles. The lowest BCUT2D eigenvalue weighted by Crippen LogP contribution is -2.11. The van der Waals surface area contributed by atoms with Gasteiger partial charge in [0.05, 0.1) is 40.5 Å². The van der Waals surface area contributed by atoms with Crippen molar-refractivity contribution in [1.29, 1.82) is 0 Å². The molecule has 4 aromatic rings. The van der Waals surface area contributed by atoms with Crippen LogP contribution >= 0.6 is 0 Å². The fourth-order valence-electron chi connectivity index (χ4n) is 2.91. The third-order valence-electron chi connectivity index (χ3n) is 4.25. The van der Waals surface area contributed by atoms with Crippen LogP contribution in [0.25, 0.3) is 28.1 Å². The molecule has 1 aromatic carbocycles. The number of carbonyl (C=O) groups is 1. The molecule has 0 saturated heterocycles. The molecule has 0 saturated carbocycles. The van der Waals surface area contributed by atoms with Crippen LogP contribution in [0.1, 0.15) is 23.0 Å². The van der Waals surface area contributed by atoms with E-state index in [1.807, 2.05) is 6.07 Å². The summed E-state index contributed by atoms with van der Waals surface area (Å²) in [6, 6.07) is 12.0. The minimum atomic E-state index is -0.560. The fraction of sp³-hybridized carbons (Fsp3) is 0.0909. The molecule has 0 unspecified atom stereocenters. The number of nitrogens with one attached hydrogen (secondary N) is 1. The number of nitrogens with zero attached hydrogens (tertiary/aromatic N) is 2. The van der Waals surface area contributed by atoms with E-state index in [1.54, 1.807) is 61.9 Å².